The van der Waals surface area contributed by atoms with Gasteiger partial charge in [-0.05, 0) is 44.9 Å². The number of nitrogens with two attached hydrogens (primary N) is 1. The Balaban J connectivity index is 3.96. The van der Waals surface area contributed by atoms with Crippen molar-refractivity contribution in [1.82, 2.24) is 10.6 Å². The summed E-state index contributed by atoms with van der Waals surface area (Å²) < 4.78 is 10.9. The number of Topliss-reactive ketones (excluding diaryl/α,β-unsaturated/α-hetero) is 3. The Morgan fingerprint density at radius 1 is 0.621 bits per heavy atom. The van der Waals surface area contributed by atoms with E-state index in [0.29, 0.717) is 64.7 Å². The minimum Gasteiger partial charge on any atom is -0.481 e. The smallest absolute Gasteiger partial charge is 0.303 e. The van der Waals surface area contributed by atoms with Gasteiger partial charge >= 0.3 is 11.9 Å². The van der Waals surface area contributed by atoms with Gasteiger partial charge < -0.3 is 30.7 Å². The first-order chi connectivity index (χ1) is 27.7. The summed E-state index contributed by atoms with van der Waals surface area (Å²) in [4.78, 5) is 83.6. The molecule has 0 saturated carbocycles. The van der Waals surface area contributed by atoms with E-state index in [1.807, 2.05) is 20.8 Å². The van der Waals surface area contributed by atoms with Crippen LogP contribution in [0, 0.1) is 11.3 Å². The number of carbonyl (C=O) groups is 7. The van der Waals surface area contributed by atoms with Gasteiger partial charge in [0, 0.05) is 56.6 Å². The third-order valence-electron chi connectivity index (χ3n) is 10.8. The van der Waals surface area contributed by atoms with Crippen molar-refractivity contribution < 1.29 is 53.2 Å². The summed E-state index contributed by atoms with van der Waals surface area (Å²) in [5, 5.41) is 23.1. The summed E-state index contributed by atoms with van der Waals surface area (Å²) in [7, 11) is 0. The number of ether oxygens (including phenoxy) is 2. The molecule has 0 saturated heterocycles. The third-order valence-corrected chi connectivity index (χ3v) is 10.8. The van der Waals surface area contributed by atoms with Crippen molar-refractivity contribution >= 4 is 41.1 Å². The first kappa shape index (κ1) is 54.8. The highest BCUT2D eigenvalue weighted by molar-refractivity contribution is 5.91. The quantitative estimate of drug-likeness (QED) is 0.0397. The summed E-state index contributed by atoms with van der Waals surface area (Å²) >= 11 is 0. The summed E-state index contributed by atoms with van der Waals surface area (Å²) in [6, 6.07) is -0.969. The van der Waals surface area contributed by atoms with E-state index >= 15 is 0 Å². The predicted molar refractivity (Wildman–Crippen MR) is 224 cm³/mol. The van der Waals surface area contributed by atoms with Crippen LogP contribution in [-0.2, 0) is 43.0 Å². The molecule has 58 heavy (non-hydrogen) atoms. The molecule has 0 aliphatic carbocycles. The number of unbranched alkanes of at least 4 members (excludes halogenated alkanes) is 14. The minimum absolute atomic E-state index is 0.0311. The summed E-state index contributed by atoms with van der Waals surface area (Å²) in [5.41, 5.74) is 4.79. The lowest BCUT2D eigenvalue weighted by Gasteiger charge is -2.24. The molecule has 0 fully saturated rings. The van der Waals surface area contributed by atoms with E-state index in [4.69, 9.17) is 25.4 Å². The molecule has 0 aliphatic heterocycles. The van der Waals surface area contributed by atoms with Gasteiger partial charge in [0.2, 0.25) is 11.8 Å². The maximum Gasteiger partial charge on any atom is 0.303 e. The second-order valence-corrected chi connectivity index (χ2v) is 16.3. The highest BCUT2D eigenvalue weighted by Crippen LogP contribution is 2.27. The maximum atomic E-state index is 13.1. The van der Waals surface area contributed by atoms with Crippen LogP contribution in [0.3, 0.4) is 0 Å². The minimum atomic E-state index is -1.08. The number of carboxylic acids is 2. The van der Waals surface area contributed by atoms with Crippen LogP contribution in [0.5, 0.6) is 0 Å². The van der Waals surface area contributed by atoms with Gasteiger partial charge in [0.1, 0.15) is 24.0 Å². The lowest BCUT2D eigenvalue weighted by Crippen LogP contribution is -2.45. The van der Waals surface area contributed by atoms with E-state index in [1.165, 1.54) is 57.8 Å². The summed E-state index contributed by atoms with van der Waals surface area (Å²) in [6.07, 6.45) is 20.2. The Bertz CT molecular complexity index is 1180. The maximum absolute atomic E-state index is 13.1. The molecule has 0 aromatic heterocycles. The zero-order valence-corrected chi connectivity index (χ0v) is 36.2. The Kier molecular flexibility index (Phi) is 33.7. The second-order valence-electron chi connectivity index (χ2n) is 16.3. The molecule has 2 amide bonds. The molecule has 336 valence electrons. The standard InChI is InChI=1S/C44H79N3O11/c1-4-44(2,3)39(50)32-35(38(49)33-47-37(43(45)56)26-27-42(54)55)22-19-20-28-46-40(51)34-58-31-30-57-29-21-24-36(48)23-17-15-13-11-9-7-5-6-8-10-12-14-16-18-25-41(52)53/h35,37,47H,4-34H2,1-3H3,(H2,45,56)(H,46,51)(H,52,53)(H,54,55)/t35-,37+/m1/s1. The number of primary amides is 1. The Morgan fingerprint density at radius 3 is 1.67 bits per heavy atom. The zero-order chi connectivity index (χ0) is 43.4. The van der Waals surface area contributed by atoms with Gasteiger partial charge in [-0.3, -0.25) is 38.9 Å². The normalized spacial score (nSPS) is 12.5. The lowest BCUT2D eigenvalue weighted by molar-refractivity contribution is -0.138. The van der Waals surface area contributed by atoms with Crippen LogP contribution in [0.4, 0.5) is 0 Å². The molecule has 0 aromatic rings. The molecule has 2 atom stereocenters. The molecule has 0 bridgehead atoms. The fourth-order valence-corrected chi connectivity index (χ4v) is 6.45. The number of hydrogen-bond donors (Lipinski definition) is 5. The van der Waals surface area contributed by atoms with Crippen molar-refractivity contribution in [3.8, 4) is 0 Å². The van der Waals surface area contributed by atoms with Crippen molar-refractivity contribution in [1.29, 1.82) is 0 Å². The molecule has 0 heterocycles. The number of rotatable bonds is 43. The topological polar surface area (TPSA) is 228 Å². The number of nitrogens with one attached hydrogen (secondary N) is 2. The zero-order valence-electron chi connectivity index (χ0n) is 36.2. The van der Waals surface area contributed by atoms with Crippen LogP contribution in [0.1, 0.15) is 181 Å². The molecule has 14 nitrogen and oxygen atoms in total. The average Bonchev–Trinajstić information content (AvgIpc) is 3.17. The van der Waals surface area contributed by atoms with E-state index in [2.05, 4.69) is 10.6 Å². The second kappa shape index (κ2) is 35.7. The monoisotopic (exact) mass is 826 g/mol. The van der Waals surface area contributed by atoms with Gasteiger partial charge in [-0.15, -0.1) is 0 Å². The molecule has 14 heteroatoms. The molecule has 0 aliphatic rings. The molecule has 0 radical (unpaired) electrons. The summed E-state index contributed by atoms with van der Waals surface area (Å²) in [6.45, 7) is 6.70. The number of carbonyl (C=O) groups excluding carboxylic acids is 5. The van der Waals surface area contributed by atoms with Crippen molar-refractivity contribution in [3.63, 3.8) is 0 Å². The number of ketones is 3. The molecular formula is C44H79N3O11. The summed E-state index contributed by atoms with van der Waals surface area (Å²) in [5.74, 6) is -3.39. The average molecular weight is 826 g/mol. The Morgan fingerprint density at radius 2 is 1.14 bits per heavy atom. The van der Waals surface area contributed by atoms with E-state index in [9.17, 15) is 33.6 Å². The first-order valence-electron chi connectivity index (χ1n) is 22.2. The number of carboxylic acid groups (broad SMARTS) is 2. The molecule has 0 rings (SSSR count). The van der Waals surface area contributed by atoms with Crippen LogP contribution in [0.2, 0.25) is 0 Å². The Hall–Kier alpha value is -3.23. The van der Waals surface area contributed by atoms with Crippen LogP contribution in [-0.4, -0.2) is 96.9 Å². The third kappa shape index (κ3) is 32.7. The molecular weight excluding hydrogens is 746 g/mol. The van der Waals surface area contributed by atoms with Crippen molar-refractivity contribution in [2.45, 2.75) is 187 Å². The number of aliphatic carboxylic acids is 2. The van der Waals surface area contributed by atoms with Gasteiger partial charge in [0.25, 0.3) is 0 Å². The van der Waals surface area contributed by atoms with E-state index < -0.39 is 35.2 Å². The number of amides is 2. The van der Waals surface area contributed by atoms with Crippen LogP contribution >= 0.6 is 0 Å². The van der Waals surface area contributed by atoms with Gasteiger partial charge in [-0.2, -0.15) is 0 Å². The first-order valence-corrected chi connectivity index (χ1v) is 22.2. The molecule has 0 spiro atoms. The van der Waals surface area contributed by atoms with Gasteiger partial charge in [0.05, 0.1) is 25.8 Å². The van der Waals surface area contributed by atoms with E-state index in [-0.39, 0.29) is 68.7 Å². The van der Waals surface area contributed by atoms with E-state index in [0.717, 1.165) is 32.1 Å². The van der Waals surface area contributed by atoms with Gasteiger partial charge in [-0.1, -0.05) is 104 Å². The van der Waals surface area contributed by atoms with Gasteiger partial charge in [-0.25, -0.2) is 0 Å². The lowest BCUT2D eigenvalue weighted by atomic mass is 9.79. The van der Waals surface area contributed by atoms with Crippen molar-refractivity contribution in [2.24, 2.45) is 17.1 Å². The van der Waals surface area contributed by atoms with Crippen molar-refractivity contribution in [2.75, 3.05) is 39.5 Å². The highest BCUT2D eigenvalue weighted by Gasteiger charge is 2.30. The largest absolute Gasteiger partial charge is 0.481 e. The molecule has 6 N–H and O–H groups in total. The van der Waals surface area contributed by atoms with Crippen molar-refractivity contribution in [3.05, 3.63) is 0 Å². The SMILES string of the molecule is CCC(C)(C)C(=O)C[C@@H](CCCCNC(=O)COCCOCCCC(=O)CCCCCCCCCCCCCCCCC(=O)O)C(=O)CN[C@@H](CCC(=O)O)C(N)=O. The van der Waals surface area contributed by atoms with Crippen LogP contribution in [0.25, 0.3) is 0 Å². The molecule has 0 unspecified atom stereocenters. The number of hydrogen-bond acceptors (Lipinski definition) is 10. The Labute approximate surface area is 348 Å². The molecule has 0 aromatic carbocycles. The fourth-order valence-electron chi connectivity index (χ4n) is 6.45. The van der Waals surface area contributed by atoms with Gasteiger partial charge in [0.15, 0.2) is 0 Å². The van der Waals surface area contributed by atoms with Crippen LogP contribution < -0.4 is 16.4 Å². The van der Waals surface area contributed by atoms with E-state index in [1.54, 1.807) is 0 Å². The predicted octanol–water partition coefficient (Wildman–Crippen LogP) is 6.87. The van der Waals surface area contributed by atoms with Crippen LogP contribution in [0.15, 0.2) is 0 Å². The highest BCUT2D eigenvalue weighted by atomic mass is 16.5. The fraction of sp³-hybridized carbons (Fsp3) is 0.841.